The number of aromatic nitrogens is 4. The van der Waals surface area contributed by atoms with E-state index in [0.29, 0.717) is 5.95 Å². The molecule has 1 aromatic heterocycles. The van der Waals surface area contributed by atoms with Gasteiger partial charge in [-0.3, -0.25) is 0 Å². The molecule has 0 unspecified atom stereocenters. The maximum Gasteiger partial charge on any atom is 0.248 e. The van der Waals surface area contributed by atoms with E-state index in [1.54, 1.807) is 0 Å². The fourth-order valence-electron chi connectivity index (χ4n) is 3.03. The number of nitrogens with one attached hydrogen (secondary N) is 1. The van der Waals surface area contributed by atoms with Gasteiger partial charge in [0.1, 0.15) is 6.04 Å². The minimum Gasteiger partial charge on any atom is -0.323 e. The molecule has 24 heavy (non-hydrogen) atoms. The summed E-state index contributed by atoms with van der Waals surface area (Å²) in [4.78, 5) is 0. The van der Waals surface area contributed by atoms with Gasteiger partial charge in [0.2, 0.25) is 5.95 Å². The SMILES string of the molecule is Cc1ccc([C@H]2C=C(c3ccc(Br)cc3)Nc3nnnn32)c(C)c1. The van der Waals surface area contributed by atoms with Crippen molar-refractivity contribution in [1.82, 2.24) is 20.2 Å². The third-order valence-electron chi connectivity index (χ3n) is 4.23. The van der Waals surface area contributed by atoms with Crippen LogP contribution < -0.4 is 5.32 Å². The Morgan fingerprint density at radius 3 is 2.62 bits per heavy atom. The van der Waals surface area contributed by atoms with Crippen LogP contribution in [-0.2, 0) is 0 Å². The first-order valence-electron chi connectivity index (χ1n) is 7.71. The molecule has 3 aromatic rings. The third-order valence-corrected chi connectivity index (χ3v) is 4.76. The number of benzene rings is 2. The average Bonchev–Trinajstić information content (AvgIpc) is 3.03. The summed E-state index contributed by atoms with van der Waals surface area (Å²) in [5, 5.41) is 15.4. The van der Waals surface area contributed by atoms with Crippen molar-refractivity contribution in [3.63, 3.8) is 0 Å². The van der Waals surface area contributed by atoms with E-state index in [0.717, 1.165) is 15.7 Å². The molecule has 1 N–H and O–H groups in total. The van der Waals surface area contributed by atoms with Crippen LogP contribution in [0, 0.1) is 13.8 Å². The summed E-state index contributed by atoms with van der Waals surface area (Å²) in [5.74, 6) is 0.653. The van der Waals surface area contributed by atoms with Crippen LogP contribution in [0.3, 0.4) is 0 Å². The van der Waals surface area contributed by atoms with Crippen molar-refractivity contribution in [1.29, 1.82) is 0 Å². The summed E-state index contributed by atoms with van der Waals surface area (Å²) >= 11 is 3.48. The zero-order valence-corrected chi connectivity index (χ0v) is 14.9. The largest absolute Gasteiger partial charge is 0.323 e. The second-order valence-electron chi connectivity index (χ2n) is 5.96. The smallest absolute Gasteiger partial charge is 0.248 e. The minimum atomic E-state index is -0.0319. The number of allylic oxidation sites excluding steroid dienone is 1. The molecule has 4 rings (SSSR count). The highest BCUT2D eigenvalue weighted by Crippen LogP contribution is 2.33. The van der Waals surface area contributed by atoms with E-state index in [1.165, 1.54) is 16.7 Å². The summed E-state index contributed by atoms with van der Waals surface area (Å²) in [6, 6.07) is 14.6. The number of halogens is 1. The molecule has 0 spiro atoms. The second kappa shape index (κ2) is 5.87. The molecule has 2 heterocycles. The lowest BCUT2D eigenvalue weighted by molar-refractivity contribution is 0.583. The zero-order chi connectivity index (χ0) is 16.7. The second-order valence-corrected chi connectivity index (χ2v) is 6.88. The van der Waals surface area contributed by atoms with Crippen LogP contribution in [0.2, 0.25) is 0 Å². The molecule has 2 aromatic carbocycles. The summed E-state index contributed by atoms with van der Waals surface area (Å²) in [7, 11) is 0. The van der Waals surface area contributed by atoms with Gasteiger partial charge in [0.15, 0.2) is 0 Å². The van der Waals surface area contributed by atoms with E-state index in [9.17, 15) is 0 Å². The highest BCUT2D eigenvalue weighted by molar-refractivity contribution is 9.10. The summed E-state index contributed by atoms with van der Waals surface area (Å²) in [6.45, 7) is 4.23. The molecular weight excluding hydrogens is 366 g/mol. The van der Waals surface area contributed by atoms with E-state index in [1.807, 2.05) is 16.8 Å². The molecule has 1 atom stereocenters. The molecule has 120 valence electrons. The van der Waals surface area contributed by atoms with Gasteiger partial charge in [-0.2, -0.15) is 4.68 Å². The molecule has 1 aliphatic heterocycles. The number of fused-ring (bicyclic) bond motifs is 1. The number of rotatable bonds is 2. The maximum atomic E-state index is 4.16. The van der Waals surface area contributed by atoms with Gasteiger partial charge < -0.3 is 5.32 Å². The van der Waals surface area contributed by atoms with Crippen LogP contribution in [0.1, 0.15) is 28.3 Å². The Labute approximate surface area is 148 Å². The van der Waals surface area contributed by atoms with E-state index < -0.39 is 0 Å². The Morgan fingerprint density at radius 2 is 1.88 bits per heavy atom. The number of anilines is 1. The Morgan fingerprint density at radius 1 is 1.08 bits per heavy atom. The van der Waals surface area contributed by atoms with Crippen molar-refractivity contribution in [2.45, 2.75) is 19.9 Å². The van der Waals surface area contributed by atoms with E-state index in [4.69, 9.17) is 0 Å². The highest BCUT2D eigenvalue weighted by Gasteiger charge is 2.25. The van der Waals surface area contributed by atoms with Crippen LogP contribution in [0.15, 0.2) is 53.0 Å². The van der Waals surface area contributed by atoms with Crippen LogP contribution in [0.4, 0.5) is 5.95 Å². The van der Waals surface area contributed by atoms with Crippen molar-refractivity contribution >= 4 is 27.6 Å². The van der Waals surface area contributed by atoms with Crippen LogP contribution in [0.25, 0.3) is 5.70 Å². The average molecular weight is 382 g/mol. The first-order valence-corrected chi connectivity index (χ1v) is 8.51. The van der Waals surface area contributed by atoms with Crippen LogP contribution in [-0.4, -0.2) is 20.2 Å². The molecular formula is C18H16BrN5. The Hall–Kier alpha value is -2.47. The van der Waals surface area contributed by atoms with E-state index in [-0.39, 0.29) is 6.04 Å². The quantitative estimate of drug-likeness (QED) is 0.725. The molecule has 0 saturated heterocycles. The third kappa shape index (κ3) is 2.63. The van der Waals surface area contributed by atoms with E-state index >= 15 is 0 Å². The Kier molecular flexibility index (Phi) is 3.69. The topological polar surface area (TPSA) is 55.6 Å². The fourth-order valence-corrected chi connectivity index (χ4v) is 3.30. The molecule has 0 amide bonds. The summed E-state index contributed by atoms with van der Waals surface area (Å²) in [6.07, 6.45) is 2.17. The summed E-state index contributed by atoms with van der Waals surface area (Å²) in [5.41, 5.74) is 5.79. The highest BCUT2D eigenvalue weighted by atomic mass is 79.9. The normalized spacial score (nSPS) is 16.3. The monoisotopic (exact) mass is 381 g/mol. The Bertz CT molecular complexity index is 927. The van der Waals surface area contributed by atoms with Crippen molar-refractivity contribution in [3.05, 3.63) is 75.3 Å². The van der Waals surface area contributed by atoms with Crippen molar-refractivity contribution < 1.29 is 0 Å². The number of hydrogen-bond acceptors (Lipinski definition) is 4. The number of hydrogen-bond donors (Lipinski definition) is 1. The molecule has 0 saturated carbocycles. The van der Waals surface area contributed by atoms with Gasteiger partial charge in [-0.25, -0.2) is 0 Å². The standard InChI is InChI=1S/C18H16BrN5/c1-11-3-8-15(12(2)9-11)17-10-16(13-4-6-14(19)7-5-13)20-18-21-22-23-24(17)18/h3-10,17H,1-2H3,(H,20,21,23)/t17-/m1/s1. The number of aryl methyl sites for hydroxylation is 2. The lowest BCUT2D eigenvalue weighted by Gasteiger charge is -2.24. The van der Waals surface area contributed by atoms with Gasteiger partial charge >= 0.3 is 0 Å². The molecule has 0 radical (unpaired) electrons. The van der Waals surface area contributed by atoms with Crippen LogP contribution in [0.5, 0.6) is 0 Å². The molecule has 0 fully saturated rings. The van der Waals surface area contributed by atoms with Gasteiger partial charge in [-0.15, -0.1) is 0 Å². The molecule has 1 aliphatic rings. The number of nitrogens with zero attached hydrogens (tertiary/aromatic N) is 4. The molecule has 5 nitrogen and oxygen atoms in total. The predicted molar refractivity (Wildman–Crippen MR) is 97.6 cm³/mol. The first-order chi connectivity index (χ1) is 11.6. The lowest BCUT2D eigenvalue weighted by atomic mass is 9.96. The lowest BCUT2D eigenvalue weighted by Crippen LogP contribution is -2.21. The maximum absolute atomic E-state index is 4.16. The number of tetrazole rings is 1. The molecule has 0 bridgehead atoms. The fraction of sp³-hybridized carbons (Fsp3) is 0.167. The van der Waals surface area contributed by atoms with Crippen molar-refractivity contribution in [2.75, 3.05) is 5.32 Å². The van der Waals surface area contributed by atoms with Gasteiger partial charge in [0.25, 0.3) is 0 Å². The predicted octanol–water partition coefficient (Wildman–Crippen LogP) is 4.11. The molecule has 6 heteroatoms. The minimum absolute atomic E-state index is 0.0319. The van der Waals surface area contributed by atoms with Gasteiger partial charge in [0.05, 0.1) is 0 Å². The summed E-state index contributed by atoms with van der Waals surface area (Å²) < 4.78 is 2.87. The van der Waals surface area contributed by atoms with Crippen molar-refractivity contribution in [3.8, 4) is 0 Å². The van der Waals surface area contributed by atoms with E-state index in [2.05, 4.69) is 87.0 Å². The Balaban J connectivity index is 1.83. The first kappa shape index (κ1) is 15.1. The van der Waals surface area contributed by atoms with Gasteiger partial charge in [0, 0.05) is 10.2 Å². The van der Waals surface area contributed by atoms with Gasteiger partial charge in [-0.05, 0) is 59.2 Å². The van der Waals surface area contributed by atoms with Crippen LogP contribution >= 0.6 is 15.9 Å². The zero-order valence-electron chi connectivity index (χ0n) is 13.4. The van der Waals surface area contributed by atoms with Gasteiger partial charge in [-0.1, -0.05) is 56.9 Å². The van der Waals surface area contributed by atoms with Crippen molar-refractivity contribution in [2.24, 2.45) is 0 Å². The molecule has 0 aliphatic carbocycles.